The fraction of sp³-hybridized carbons (Fsp3) is 0.562. The predicted octanol–water partition coefficient (Wildman–Crippen LogP) is 1.34. The Labute approximate surface area is 120 Å². The molecule has 1 amide bonds. The molecular weight excluding hydrogens is 250 g/mol. The van der Waals surface area contributed by atoms with Crippen LogP contribution in [0.25, 0.3) is 0 Å². The fourth-order valence-corrected chi connectivity index (χ4v) is 3.82. The molecule has 2 aliphatic rings. The molecule has 1 aliphatic heterocycles. The second-order valence-corrected chi connectivity index (χ2v) is 6.28. The number of primary amides is 1. The Kier molecular flexibility index (Phi) is 3.76. The quantitative estimate of drug-likeness (QED) is 0.873. The molecule has 0 spiro atoms. The van der Waals surface area contributed by atoms with E-state index in [1.807, 2.05) is 12.1 Å². The molecular formula is C16H23N3O. The zero-order valence-electron chi connectivity index (χ0n) is 11.8. The SMILES string of the molecule is NC(=O)c1cccc(CN2CC3CCCC(N)C3C2)c1. The first-order chi connectivity index (χ1) is 9.63. The molecule has 3 atom stereocenters. The van der Waals surface area contributed by atoms with E-state index in [1.165, 1.54) is 19.3 Å². The summed E-state index contributed by atoms with van der Waals surface area (Å²) in [6.07, 6.45) is 3.76. The third-order valence-electron chi connectivity index (χ3n) is 4.85. The number of amides is 1. The highest BCUT2D eigenvalue weighted by Crippen LogP contribution is 2.36. The van der Waals surface area contributed by atoms with Crippen molar-refractivity contribution < 1.29 is 4.79 Å². The molecule has 3 rings (SSSR count). The first-order valence-electron chi connectivity index (χ1n) is 7.50. The van der Waals surface area contributed by atoms with Crippen molar-refractivity contribution in [1.29, 1.82) is 0 Å². The Bertz CT molecular complexity index is 502. The van der Waals surface area contributed by atoms with Crippen molar-refractivity contribution in [2.45, 2.75) is 31.8 Å². The summed E-state index contributed by atoms with van der Waals surface area (Å²) in [6.45, 7) is 3.12. The van der Waals surface area contributed by atoms with Gasteiger partial charge in [-0.3, -0.25) is 9.69 Å². The van der Waals surface area contributed by atoms with Crippen molar-refractivity contribution in [2.24, 2.45) is 23.3 Å². The number of likely N-dealkylation sites (tertiary alicyclic amines) is 1. The van der Waals surface area contributed by atoms with Crippen LogP contribution < -0.4 is 11.5 Å². The minimum Gasteiger partial charge on any atom is -0.366 e. The summed E-state index contributed by atoms with van der Waals surface area (Å²) in [4.78, 5) is 13.7. The Hall–Kier alpha value is -1.39. The molecule has 1 aliphatic carbocycles. The Morgan fingerprint density at radius 1 is 1.30 bits per heavy atom. The molecule has 1 saturated carbocycles. The fourth-order valence-electron chi connectivity index (χ4n) is 3.82. The molecule has 0 aromatic heterocycles. The number of rotatable bonds is 3. The highest BCUT2D eigenvalue weighted by atomic mass is 16.1. The molecule has 2 fully saturated rings. The first-order valence-corrected chi connectivity index (χ1v) is 7.50. The average molecular weight is 273 g/mol. The number of nitrogens with zero attached hydrogens (tertiary/aromatic N) is 1. The van der Waals surface area contributed by atoms with Gasteiger partial charge in [0.2, 0.25) is 5.91 Å². The maximum Gasteiger partial charge on any atom is 0.248 e. The molecule has 4 nitrogen and oxygen atoms in total. The van der Waals surface area contributed by atoms with Gasteiger partial charge in [0.05, 0.1) is 0 Å². The highest BCUT2D eigenvalue weighted by molar-refractivity contribution is 5.92. The van der Waals surface area contributed by atoms with Crippen molar-refractivity contribution in [2.75, 3.05) is 13.1 Å². The Balaban J connectivity index is 1.67. The van der Waals surface area contributed by atoms with Gasteiger partial charge in [-0.2, -0.15) is 0 Å². The minimum absolute atomic E-state index is 0.357. The van der Waals surface area contributed by atoms with Crippen molar-refractivity contribution in [3.8, 4) is 0 Å². The number of carbonyl (C=O) groups is 1. The second-order valence-electron chi connectivity index (χ2n) is 6.28. The average Bonchev–Trinajstić information content (AvgIpc) is 2.83. The third-order valence-corrected chi connectivity index (χ3v) is 4.85. The molecule has 108 valence electrons. The number of hydrogen-bond donors (Lipinski definition) is 2. The largest absolute Gasteiger partial charge is 0.366 e. The molecule has 1 aromatic carbocycles. The van der Waals surface area contributed by atoms with Gasteiger partial charge in [0, 0.05) is 31.2 Å². The van der Waals surface area contributed by atoms with Crippen molar-refractivity contribution >= 4 is 5.91 Å². The van der Waals surface area contributed by atoms with E-state index in [0.29, 0.717) is 17.5 Å². The second kappa shape index (κ2) is 5.54. The van der Waals surface area contributed by atoms with Crippen LogP contribution >= 0.6 is 0 Å². The van der Waals surface area contributed by atoms with Crippen LogP contribution in [0, 0.1) is 11.8 Å². The minimum atomic E-state index is -0.357. The van der Waals surface area contributed by atoms with E-state index in [1.54, 1.807) is 6.07 Å². The molecule has 20 heavy (non-hydrogen) atoms. The Morgan fingerprint density at radius 3 is 2.90 bits per heavy atom. The standard InChI is InChI=1S/C16H23N3O/c17-15-6-2-5-13-9-19(10-14(13)15)8-11-3-1-4-12(7-11)16(18)20/h1,3-4,7,13-15H,2,5-6,8-10,17H2,(H2,18,20). The molecule has 1 saturated heterocycles. The topological polar surface area (TPSA) is 72.4 Å². The van der Waals surface area contributed by atoms with E-state index in [0.717, 1.165) is 31.1 Å². The van der Waals surface area contributed by atoms with Gasteiger partial charge in [0.1, 0.15) is 0 Å². The zero-order valence-corrected chi connectivity index (χ0v) is 11.8. The number of fused-ring (bicyclic) bond motifs is 1. The summed E-state index contributed by atoms with van der Waals surface area (Å²) >= 11 is 0. The van der Waals surface area contributed by atoms with Crippen LogP contribution in [0.4, 0.5) is 0 Å². The van der Waals surface area contributed by atoms with Crippen LogP contribution in [0.2, 0.25) is 0 Å². The monoisotopic (exact) mass is 273 g/mol. The van der Waals surface area contributed by atoms with E-state index in [4.69, 9.17) is 11.5 Å². The maximum atomic E-state index is 11.2. The molecule has 1 heterocycles. The highest BCUT2D eigenvalue weighted by Gasteiger charge is 2.38. The van der Waals surface area contributed by atoms with E-state index in [-0.39, 0.29) is 5.91 Å². The van der Waals surface area contributed by atoms with Gasteiger partial charge >= 0.3 is 0 Å². The van der Waals surface area contributed by atoms with Crippen LogP contribution in [0.1, 0.15) is 35.2 Å². The van der Waals surface area contributed by atoms with E-state index >= 15 is 0 Å². The molecule has 3 unspecified atom stereocenters. The lowest BCUT2D eigenvalue weighted by Crippen LogP contribution is -2.38. The summed E-state index contributed by atoms with van der Waals surface area (Å²) in [7, 11) is 0. The summed E-state index contributed by atoms with van der Waals surface area (Å²) in [5.41, 5.74) is 13.3. The number of benzene rings is 1. The van der Waals surface area contributed by atoms with Crippen molar-refractivity contribution in [3.63, 3.8) is 0 Å². The van der Waals surface area contributed by atoms with Crippen LogP contribution in [0.3, 0.4) is 0 Å². The predicted molar refractivity (Wildman–Crippen MR) is 79.0 cm³/mol. The van der Waals surface area contributed by atoms with Gasteiger partial charge in [0.25, 0.3) is 0 Å². The summed E-state index contributed by atoms with van der Waals surface area (Å²) < 4.78 is 0. The molecule has 0 radical (unpaired) electrons. The molecule has 4 heteroatoms. The van der Waals surface area contributed by atoms with Gasteiger partial charge in [-0.15, -0.1) is 0 Å². The van der Waals surface area contributed by atoms with Gasteiger partial charge in [-0.1, -0.05) is 18.6 Å². The number of nitrogens with two attached hydrogens (primary N) is 2. The van der Waals surface area contributed by atoms with Gasteiger partial charge < -0.3 is 11.5 Å². The zero-order chi connectivity index (χ0) is 14.1. The van der Waals surface area contributed by atoms with Gasteiger partial charge in [-0.05, 0) is 42.4 Å². The van der Waals surface area contributed by atoms with E-state index in [9.17, 15) is 4.79 Å². The lowest BCUT2D eigenvalue weighted by molar-refractivity contribution is 0.1000. The summed E-state index contributed by atoms with van der Waals surface area (Å²) in [6, 6.07) is 8.02. The molecule has 0 bridgehead atoms. The van der Waals surface area contributed by atoms with Crippen LogP contribution in [0.15, 0.2) is 24.3 Å². The normalized spacial score (nSPS) is 30.1. The summed E-state index contributed by atoms with van der Waals surface area (Å²) in [5.74, 6) is 1.06. The number of hydrogen-bond acceptors (Lipinski definition) is 3. The van der Waals surface area contributed by atoms with Crippen molar-refractivity contribution in [1.82, 2.24) is 4.90 Å². The van der Waals surface area contributed by atoms with Crippen LogP contribution in [-0.2, 0) is 6.54 Å². The molecule has 1 aromatic rings. The van der Waals surface area contributed by atoms with Crippen molar-refractivity contribution in [3.05, 3.63) is 35.4 Å². The van der Waals surface area contributed by atoms with E-state index < -0.39 is 0 Å². The lowest BCUT2D eigenvalue weighted by Gasteiger charge is -2.29. The number of carbonyl (C=O) groups excluding carboxylic acids is 1. The van der Waals surface area contributed by atoms with E-state index in [2.05, 4.69) is 11.0 Å². The van der Waals surface area contributed by atoms with Gasteiger partial charge in [-0.25, -0.2) is 0 Å². The third kappa shape index (κ3) is 2.72. The first kappa shape index (κ1) is 13.6. The maximum absolute atomic E-state index is 11.2. The van der Waals surface area contributed by atoms with Crippen LogP contribution in [-0.4, -0.2) is 29.9 Å². The van der Waals surface area contributed by atoms with Crippen LogP contribution in [0.5, 0.6) is 0 Å². The lowest BCUT2D eigenvalue weighted by atomic mass is 9.78. The van der Waals surface area contributed by atoms with Gasteiger partial charge in [0.15, 0.2) is 0 Å². The summed E-state index contributed by atoms with van der Waals surface area (Å²) in [5, 5.41) is 0. The smallest absolute Gasteiger partial charge is 0.248 e. The molecule has 4 N–H and O–H groups in total. The Morgan fingerprint density at radius 2 is 2.15 bits per heavy atom.